The van der Waals surface area contributed by atoms with Gasteiger partial charge in [0.05, 0.1) is 0 Å². The molecule has 2 aromatic carbocycles. The van der Waals surface area contributed by atoms with Crippen LogP contribution in [0.2, 0.25) is 0 Å². The molecule has 0 saturated heterocycles. The molecule has 0 aromatic heterocycles. The van der Waals surface area contributed by atoms with Crippen molar-refractivity contribution in [2.24, 2.45) is 0 Å². The van der Waals surface area contributed by atoms with Crippen molar-refractivity contribution in [3.05, 3.63) is 83.6 Å². The predicted octanol–water partition coefficient (Wildman–Crippen LogP) is 4.63. The topological polar surface area (TPSA) is 15.7 Å². The molecule has 0 spiro atoms. The van der Waals surface area contributed by atoms with Crippen molar-refractivity contribution in [3.8, 4) is 0 Å². The molecule has 3 nitrogen and oxygen atoms in total. The molecule has 0 atom stereocenters. The fraction of sp³-hybridized carbons (Fsp3) is 0.375. The van der Waals surface area contributed by atoms with Crippen molar-refractivity contribution in [3.63, 3.8) is 0 Å². The maximum absolute atomic E-state index is 6.17. The summed E-state index contributed by atoms with van der Waals surface area (Å²) in [6.07, 6.45) is 2.21. The van der Waals surface area contributed by atoms with Gasteiger partial charge in [0.15, 0.2) is 0 Å². The van der Waals surface area contributed by atoms with Crippen LogP contribution in [-0.4, -0.2) is 40.6 Å². The first kappa shape index (κ1) is 22.6. The van der Waals surface area contributed by atoms with Crippen molar-refractivity contribution in [2.75, 3.05) is 20.7 Å². The summed E-state index contributed by atoms with van der Waals surface area (Å²) in [5.41, 5.74) is 3.31. The molecule has 0 saturated carbocycles. The zero-order chi connectivity index (χ0) is 20.6. The number of hydrogen-bond donors (Lipinski definition) is 0. The van der Waals surface area contributed by atoms with Crippen molar-refractivity contribution in [2.45, 2.75) is 39.5 Å². The van der Waals surface area contributed by atoms with Gasteiger partial charge in [0.2, 0.25) is 0 Å². The average molecular weight is 417 g/mol. The Balaban J connectivity index is 2.47. The van der Waals surface area contributed by atoms with Crippen LogP contribution in [0.4, 0.5) is 0 Å². The SMILES string of the molecule is CCOC(C)(C)/C(=C\[C](=[Cr])N(C)C)N(Cc1ccccc1)Cc1ccccc1. The van der Waals surface area contributed by atoms with E-state index in [1.165, 1.54) is 11.1 Å². The van der Waals surface area contributed by atoms with Crippen molar-refractivity contribution in [1.29, 1.82) is 0 Å². The number of rotatable bonds is 10. The van der Waals surface area contributed by atoms with Gasteiger partial charge < -0.3 is 0 Å². The number of hydrogen-bond acceptors (Lipinski definition) is 3. The molecule has 4 heteroatoms. The van der Waals surface area contributed by atoms with E-state index < -0.39 is 5.60 Å². The van der Waals surface area contributed by atoms with Crippen molar-refractivity contribution >= 4 is 4.50 Å². The molecule has 0 heterocycles. The normalized spacial score (nSPS) is 12.3. The Morgan fingerprint density at radius 1 is 0.929 bits per heavy atom. The summed E-state index contributed by atoms with van der Waals surface area (Å²) in [7, 11) is 4.10. The third-order valence-corrected chi connectivity index (χ3v) is 5.35. The van der Waals surface area contributed by atoms with Gasteiger partial charge in [-0.1, -0.05) is 0 Å². The Labute approximate surface area is 178 Å². The molecule has 0 fully saturated rings. The average Bonchev–Trinajstić information content (AvgIpc) is 2.66. The number of likely N-dealkylation sites (N-methyl/N-ethyl adjacent to an activating group) is 1. The van der Waals surface area contributed by atoms with Gasteiger partial charge in [-0.3, -0.25) is 0 Å². The molecule has 0 unspecified atom stereocenters. The van der Waals surface area contributed by atoms with Gasteiger partial charge in [-0.15, -0.1) is 0 Å². The van der Waals surface area contributed by atoms with Crippen LogP contribution in [0.5, 0.6) is 0 Å². The Hall–Kier alpha value is -1.70. The third-order valence-electron chi connectivity index (χ3n) is 4.60. The van der Waals surface area contributed by atoms with Gasteiger partial charge in [-0.25, -0.2) is 0 Å². The van der Waals surface area contributed by atoms with Crippen LogP contribution in [0.1, 0.15) is 31.9 Å². The summed E-state index contributed by atoms with van der Waals surface area (Å²) in [5.74, 6) is 0. The Morgan fingerprint density at radius 3 is 1.79 bits per heavy atom. The van der Waals surface area contributed by atoms with Crippen LogP contribution in [0.25, 0.3) is 0 Å². The minimum absolute atomic E-state index is 0.413. The van der Waals surface area contributed by atoms with Crippen LogP contribution in [0, 0.1) is 0 Å². The molecule has 0 bridgehead atoms. The van der Waals surface area contributed by atoms with Gasteiger partial charge in [0.25, 0.3) is 0 Å². The molecule has 150 valence electrons. The number of nitrogens with zero attached hydrogens (tertiary/aromatic N) is 2. The Morgan fingerprint density at radius 2 is 1.39 bits per heavy atom. The Bertz CT molecular complexity index is 728. The summed E-state index contributed by atoms with van der Waals surface area (Å²) >= 11 is 3.19. The van der Waals surface area contributed by atoms with E-state index in [1.807, 2.05) is 21.0 Å². The first-order valence-corrected chi connectivity index (χ1v) is 10.4. The van der Waals surface area contributed by atoms with Crippen LogP contribution in [0.3, 0.4) is 0 Å². The van der Waals surface area contributed by atoms with E-state index in [1.54, 1.807) is 0 Å². The molecule has 2 aromatic rings. The first-order valence-electron chi connectivity index (χ1n) is 9.73. The van der Waals surface area contributed by atoms with E-state index in [0.717, 1.165) is 23.3 Å². The molecule has 0 radical (unpaired) electrons. The quantitative estimate of drug-likeness (QED) is 0.562. The molecule has 0 aliphatic carbocycles. The number of benzene rings is 2. The zero-order valence-electron chi connectivity index (χ0n) is 17.7. The van der Waals surface area contributed by atoms with Gasteiger partial charge >= 0.3 is 179 Å². The van der Waals surface area contributed by atoms with E-state index in [9.17, 15) is 0 Å². The summed E-state index contributed by atoms with van der Waals surface area (Å²) in [4.78, 5) is 4.51. The van der Waals surface area contributed by atoms with Crippen LogP contribution >= 0.6 is 0 Å². The van der Waals surface area contributed by atoms with E-state index in [-0.39, 0.29) is 0 Å². The molecule has 0 aliphatic heterocycles. The minimum atomic E-state index is -0.413. The fourth-order valence-electron chi connectivity index (χ4n) is 3.16. The van der Waals surface area contributed by atoms with E-state index >= 15 is 0 Å². The second kappa shape index (κ2) is 10.7. The van der Waals surface area contributed by atoms with Gasteiger partial charge in [0.1, 0.15) is 0 Å². The molecule has 2 rings (SSSR count). The van der Waals surface area contributed by atoms with E-state index in [0.29, 0.717) is 6.61 Å². The van der Waals surface area contributed by atoms with Crippen molar-refractivity contribution in [1.82, 2.24) is 9.80 Å². The van der Waals surface area contributed by atoms with E-state index in [4.69, 9.17) is 4.74 Å². The standard InChI is InChI=1S/C24H32N2O.Cr/c1-6-27-24(2,3)23(17-18-25(4)5)26(19-21-13-9-7-10-14-21)20-22-15-11-8-12-16-22;/h7-17H,6,19-20H2,1-5H3;/b23-17+;. The predicted molar refractivity (Wildman–Crippen MR) is 115 cm³/mol. The maximum atomic E-state index is 6.17. The summed E-state index contributed by atoms with van der Waals surface area (Å²) < 4.78 is 7.25. The fourth-order valence-corrected chi connectivity index (χ4v) is 3.33. The molecule has 0 amide bonds. The van der Waals surface area contributed by atoms with E-state index in [2.05, 4.69) is 106 Å². The zero-order valence-corrected chi connectivity index (χ0v) is 19.0. The summed E-state index contributed by atoms with van der Waals surface area (Å²) in [6.45, 7) is 8.65. The summed E-state index contributed by atoms with van der Waals surface area (Å²) in [6, 6.07) is 21.2. The molecular weight excluding hydrogens is 384 g/mol. The van der Waals surface area contributed by atoms with Crippen LogP contribution in [-0.2, 0) is 33.7 Å². The molecule has 0 aliphatic rings. The third kappa shape index (κ3) is 6.72. The van der Waals surface area contributed by atoms with Gasteiger partial charge in [-0.2, -0.15) is 0 Å². The first-order chi connectivity index (χ1) is 13.3. The van der Waals surface area contributed by atoms with Gasteiger partial charge in [-0.05, 0) is 0 Å². The van der Waals surface area contributed by atoms with Crippen molar-refractivity contribution < 1.29 is 20.6 Å². The van der Waals surface area contributed by atoms with Crippen LogP contribution in [0.15, 0.2) is 72.4 Å². The second-order valence-electron chi connectivity index (χ2n) is 7.53. The summed E-state index contributed by atoms with van der Waals surface area (Å²) in [5, 5.41) is 0. The molecular formula is C24H32CrN2O. The number of ether oxygens (including phenoxy) is 1. The Kier molecular flexibility index (Phi) is 8.66. The second-order valence-corrected chi connectivity index (χ2v) is 8.19. The monoisotopic (exact) mass is 416 g/mol. The molecule has 0 N–H and O–H groups in total. The van der Waals surface area contributed by atoms with Crippen LogP contribution < -0.4 is 0 Å². The molecule has 28 heavy (non-hydrogen) atoms. The van der Waals surface area contributed by atoms with Gasteiger partial charge in [0, 0.05) is 0 Å².